The molecule has 2 saturated carbocycles. The van der Waals surface area contributed by atoms with Crippen LogP contribution < -0.4 is 0 Å². The quantitative estimate of drug-likeness (QED) is 0.213. The molecule has 0 aromatic heterocycles. The number of carbonyl (C=O) groups excluding carboxylic acids is 3. The van der Waals surface area contributed by atoms with Gasteiger partial charge < -0.3 is 34.3 Å². The zero-order chi connectivity index (χ0) is 23.6. The second kappa shape index (κ2) is 7.65. The summed E-state index contributed by atoms with van der Waals surface area (Å²) in [5.41, 5.74) is -2.45. The Morgan fingerprint density at radius 1 is 1.25 bits per heavy atom. The van der Waals surface area contributed by atoms with Crippen LogP contribution in [0.3, 0.4) is 0 Å². The molecule has 9 atom stereocenters. The Kier molecular flexibility index (Phi) is 5.48. The standard InChI is InChI=1S/C22H28O10/c1-9(5-6-23)19(26)30-12-7-22(28,8-24)15-14(16-13(12)10(2)20(27)31-16)21(4)18(32-21)17(15)29-11(3)25/h5,12-18,23-24,28H,2,6-8H2,1,3-4H3. The highest BCUT2D eigenvalue weighted by Crippen LogP contribution is 2.65. The third-order valence-corrected chi connectivity index (χ3v) is 7.33. The van der Waals surface area contributed by atoms with Crippen LogP contribution in [0.15, 0.2) is 23.8 Å². The van der Waals surface area contributed by atoms with Crippen LogP contribution >= 0.6 is 0 Å². The van der Waals surface area contributed by atoms with Crippen LogP contribution in [0.5, 0.6) is 0 Å². The zero-order valence-corrected chi connectivity index (χ0v) is 18.1. The van der Waals surface area contributed by atoms with Gasteiger partial charge in [0.2, 0.25) is 0 Å². The molecule has 0 spiro atoms. The minimum absolute atomic E-state index is 0.0919. The van der Waals surface area contributed by atoms with E-state index in [9.17, 15) is 24.6 Å². The summed E-state index contributed by atoms with van der Waals surface area (Å²) in [6, 6.07) is 0. The summed E-state index contributed by atoms with van der Waals surface area (Å²) in [4.78, 5) is 36.9. The molecule has 4 rings (SSSR count). The van der Waals surface area contributed by atoms with Crippen molar-refractivity contribution in [2.24, 2.45) is 17.8 Å². The van der Waals surface area contributed by atoms with Crippen LogP contribution in [-0.4, -0.2) is 82.1 Å². The Labute approximate surface area is 184 Å². The van der Waals surface area contributed by atoms with Gasteiger partial charge in [-0.25, -0.2) is 9.59 Å². The molecule has 0 aromatic carbocycles. The monoisotopic (exact) mass is 452 g/mol. The van der Waals surface area contributed by atoms with E-state index in [4.69, 9.17) is 24.1 Å². The van der Waals surface area contributed by atoms with E-state index < -0.39 is 77.9 Å². The molecule has 4 aliphatic rings. The molecule has 10 nitrogen and oxygen atoms in total. The number of hydrogen-bond acceptors (Lipinski definition) is 10. The first-order chi connectivity index (χ1) is 15.0. The highest BCUT2D eigenvalue weighted by Gasteiger charge is 2.80. The number of rotatable bonds is 5. The fraction of sp³-hybridized carbons (Fsp3) is 0.682. The lowest BCUT2D eigenvalue weighted by molar-refractivity contribution is -0.178. The van der Waals surface area contributed by atoms with Crippen LogP contribution in [-0.2, 0) is 33.3 Å². The average molecular weight is 452 g/mol. The molecule has 0 aromatic rings. The van der Waals surface area contributed by atoms with Crippen LogP contribution in [0, 0.1) is 17.8 Å². The fourth-order valence-corrected chi connectivity index (χ4v) is 5.83. The molecule has 0 bridgehead atoms. The SMILES string of the molecule is C=C1C(=O)OC2C1C(OC(=O)C(C)=CCO)CC(O)(CO)C1C(OC(C)=O)C3OC3(C)C21. The number of epoxide rings is 1. The third kappa shape index (κ3) is 3.28. The molecule has 4 fully saturated rings. The Bertz CT molecular complexity index is 895. The summed E-state index contributed by atoms with van der Waals surface area (Å²) in [6.45, 7) is 7.25. The van der Waals surface area contributed by atoms with Gasteiger partial charge in [0, 0.05) is 36.3 Å². The van der Waals surface area contributed by atoms with Crippen molar-refractivity contribution in [1.82, 2.24) is 0 Å². The number of fused-ring (bicyclic) bond motifs is 5. The van der Waals surface area contributed by atoms with Gasteiger partial charge in [-0.2, -0.15) is 0 Å². The van der Waals surface area contributed by atoms with Gasteiger partial charge in [0.25, 0.3) is 0 Å². The number of aliphatic hydroxyl groups is 3. The van der Waals surface area contributed by atoms with Gasteiger partial charge in [0.05, 0.1) is 24.7 Å². The summed E-state index contributed by atoms with van der Waals surface area (Å²) < 4.78 is 22.6. The van der Waals surface area contributed by atoms with Gasteiger partial charge in [-0.3, -0.25) is 4.79 Å². The van der Waals surface area contributed by atoms with Crippen molar-refractivity contribution in [2.45, 2.75) is 62.8 Å². The highest BCUT2D eigenvalue weighted by molar-refractivity contribution is 5.92. The summed E-state index contributed by atoms with van der Waals surface area (Å²) in [6.07, 6.45) is -2.29. The fourth-order valence-electron chi connectivity index (χ4n) is 5.83. The van der Waals surface area contributed by atoms with Crippen LogP contribution in [0.2, 0.25) is 0 Å². The largest absolute Gasteiger partial charge is 0.459 e. The van der Waals surface area contributed by atoms with Gasteiger partial charge in [-0.05, 0) is 19.9 Å². The number of carbonyl (C=O) groups is 3. The third-order valence-electron chi connectivity index (χ3n) is 7.33. The maximum atomic E-state index is 12.6. The maximum absolute atomic E-state index is 12.6. The normalized spacial score (nSPS) is 44.7. The summed E-state index contributed by atoms with van der Waals surface area (Å²) in [7, 11) is 0. The Morgan fingerprint density at radius 2 is 1.94 bits per heavy atom. The molecule has 2 saturated heterocycles. The first-order valence-corrected chi connectivity index (χ1v) is 10.5. The highest BCUT2D eigenvalue weighted by atomic mass is 16.7. The van der Waals surface area contributed by atoms with Crippen molar-refractivity contribution in [1.29, 1.82) is 0 Å². The molecular formula is C22H28O10. The predicted octanol–water partition coefficient (Wildman–Crippen LogP) is -0.603. The first kappa shape index (κ1) is 22.9. The molecule has 32 heavy (non-hydrogen) atoms. The lowest BCUT2D eigenvalue weighted by Gasteiger charge is -2.40. The number of hydrogen-bond donors (Lipinski definition) is 3. The van der Waals surface area contributed by atoms with Crippen molar-refractivity contribution >= 4 is 17.9 Å². The number of esters is 3. The van der Waals surface area contributed by atoms with E-state index in [1.807, 2.05) is 0 Å². The first-order valence-electron chi connectivity index (χ1n) is 10.5. The van der Waals surface area contributed by atoms with E-state index in [-0.39, 0.29) is 24.2 Å². The van der Waals surface area contributed by atoms with Crippen molar-refractivity contribution in [3.8, 4) is 0 Å². The molecule has 0 radical (unpaired) electrons. The van der Waals surface area contributed by atoms with Crippen LogP contribution in [0.25, 0.3) is 0 Å². The predicted molar refractivity (Wildman–Crippen MR) is 106 cm³/mol. The molecule has 10 heteroatoms. The van der Waals surface area contributed by atoms with Crippen LogP contribution in [0.1, 0.15) is 27.2 Å². The van der Waals surface area contributed by atoms with E-state index in [2.05, 4.69) is 6.58 Å². The Morgan fingerprint density at radius 3 is 2.53 bits per heavy atom. The van der Waals surface area contributed by atoms with Crippen LogP contribution in [0.4, 0.5) is 0 Å². The summed E-state index contributed by atoms with van der Waals surface area (Å²) in [5.74, 6) is -4.22. The van der Waals surface area contributed by atoms with E-state index in [0.29, 0.717) is 0 Å². The second-order valence-corrected chi connectivity index (χ2v) is 9.25. The minimum Gasteiger partial charge on any atom is -0.459 e. The summed E-state index contributed by atoms with van der Waals surface area (Å²) >= 11 is 0. The van der Waals surface area contributed by atoms with Crippen molar-refractivity contribution < 1.29 is 48.7 Å². The molecule has 2 aliphatic heterocycles. The minimum atomic E-state index is -1.82. The molecule has 9 unspecified atom stereocenters. The smallest absolute Gasteiger partial charge is 0.334 e. The van der Waals surface area contributed by atoms with Gasteiger partial charge in [0.1, 0.15) is 30.0 Å². The summed E-state index contributed by atoms with van der Waals surface area (Å²) in [5, 5.41) is 30.9. The number of aliphatic hydroxyl groups excluding tert-OH is 2. The Hall–Kier alpha value is -2.27. The molecule has 2 heterocycles. The molecular weight excluding hydrogens is 424 g/mol. The Balaban J connectivity index is 1.78. The lowest BCUT2D eigenvalue weighted by atomic mass is 9.74. The lowest BCUT2D eigenvalue weighted by Crippen LogP contribution is -2.53. The van der Waals surface area contributed by atoms with E-state index in [1.165, 1.54) is 19.9 Å². The average Bonchev–Trinajstić information content (AvgIpc) is 3.26. The zero-order valence-electron chi connectivity index (χ0n) is 18.1. The second-order valence-electron chi connectivity index (χ2n) is 9.25. The van der Waals surface area contributed by atoms with Gasteiger partial charge in [0.15, 0.2) is 0 Å². The molecule has 176 valence electrons. The van der Waals surface area contributed by atoms with E-state index >= 15 is 0 Å². The van der Waals surface area contributed by atoms with E-state index in [1.54, 1.807) is 6.92 Å². The van der Waals surface area contributed by atoms with Crippen molar-refractivity contribution in [2.75, 3.05) is 13.2 Å². The topological polar surface area (TPSA) is 152 Å². The van der Waals surface area contributed by atoms with Gasteiger partial charge in [-0.1, -0.05) is 6.58 Å². The molecule has 3 N–H and O–H groups in total. The maximum Gasteiger partial charge on any atom is 0.334 e. The molecule has 0 amide bonds. The number of ether oxygens (including phenoxy) is 4. The van der Waals surface area contributed by atoms with Gasteiger partial charge in [-0.15, -0.1) is 0 Å². The van der Waals surface area contributed by atoms with Gasteiger partial charge >= 0.3 is 17.9 Å². The van der Waals surface area contributed by atoms with Crippen molar-refractivity contribution in [3.63, 3.8) is 0 Å². The van der Waals surface area contributed by atoms with E-state index in [0.717, 1.165) is 0 Å². The van der Waals surface area contributed by atoms with Crippen molar-refractivity contribution in [3.05, 3.63) is 23.8 Å². The molecule has 2 aliphatic carbocycles.